The molecule has 18 heavy (non-hydrogen) atoms. The Bertz CT molecular complexity index is 527. The van der Waals surface area contributed by atoms with Gasteiger partial charge in [-0.1, -0.05) is 12.1 Å². The van der Waals surface area contributed by atoms with Gasteiger partial charge in [0.15, 0.2) is 9.84 Å². The lowest BCUT2D eigenvalue weighted by Crippen LogP contribution is -2.24. The van der Waals surface area contributed by atoms with E-state index in [1.165, 1.54) is 0 Å². The van der Waals surface area contributed by atoms with E-state index in [-0.39, 0.29) is 4.90 Å². The van der Waals surface area contributed by atoms with Gasteiger partial charge in [0.05, 0.1) is 10.3 Å². The van der Waals surface area contributed by atoms with E-state index in [2.05, 4.69) is 0 Å². The maximum atomic E-state index is 11.3. The van der Waals surface area contributed by atoms with Crippen LogP contribution in [0, 0.1) is 5.41 Å². The SMILES string of the molecule is CC(C)(CCc1ccc(S(C)(=O)=O)cc1)C(=O)O. The molecule has 0 heterocycles. The molecule has 0 saturated heterocycles. The number of carboxylic acid groups (broad SMARTS) is 1. The summed E-state index contributed by atoms with van der Waals surface area (Å²) in [4.78, 5) is 11.2. The monoisotopic (exact) mass is 270 g/mol. The average Bonchev–Trinajstić information content (AvgIpc) is 2.25. The first-order valence-corrected chi connectivity index (χ1v) is 7.54. The summed E-state index contributed by atoms with van der Waals surface area (Å²) in [5.41, 5.74) is 0.173. The van der Waals surface area contributed by atoms with E-state index in [4.69, 9.17) is 5.11 Å². The molecule has 1 rings (SSSR count). The third-order valence-corrected chi connectivity index (χ3v) is 4.10. The predicted molar refractivity (Wildman–Crippen MR) is 69.3 cm³/mol. The molecule has 0 atom stereocenters. The molecule has 5 heteroatoms. The molecule has 0 aliphatic rings. The molecule has 0 aromatic heterocycles. The minimum absolute atomic E-state index is 0.281. The molecule has 0 aliphatic heterocycles. The second-order valence-electron chi connectivity index (χ2n) is 5.11. The summed E-state index contributed by atoms with van der Waals surface area (Å²) in [5.74, 6) is -0.824. The third kappa shape index (κ3) is 3.84. The maximum Gasteiger partial charge on any atom is 0.309 e. The number of hydrogen-bond donors (Lipinski definition) is 1. The zero-order valence-electron chi connectivity index (χ0n) is 10.8. The van der Waals surface area contributed by atoms with Gasteiger partial charge in [0, 0.05) is 6.26 Å². The quantitative estimate of drug-likeness (QED) is 0.889. The Morgan fingerprint density at radius 3 is 2.11 bits per heavy atom. The summed E-state index contributed by atoms with van der Waals surface area (Å²) in [6.45, 7) is 3.36. The minimum Gasteiger partial charge on any atom is -0.481 e. The van der Waals surface area contributed by atoms with Crippen molar-refractivity contribution in [2.24, 2.45) is 5.41 Å². The van der Waals surface area contributed by atoms with Gasteiger partial charge in [0.1, 0.15) is 0 Å². The number of aryl methyl sites for hydroxylation is 1. The van der Waals surface area contributed by atoms with Crippen LogP contribution >= 0.6 is 0 Å². The van der Waals surface area contributed by atoms with Gasteiger partial charge in [-0.3, -0.25) is 4.79 Å². The van der Waals surface area contributed by atoms with Gasteiger partial charge in [0.2, 0.25) is 0 Å². The number of rotatable bonds is 5. The highest BCUT2D eigenvalue weighted by Crippen LogP contribution is 2.23. The summed E-state index contributed by atoms with van der Waals surface area (Å²) in [6.07, 6.45) is 2.29. The van der Waals surface area contributed by atoms with Crippen molar-refractivity contribution >= 4 is 15.8 Å². The first-order chi connectivity index (χ1) is 8.13. The van der Waals surface area contributed by atoms with Gasteiger partial charge >= 0.3 is 5.97 Å². The van der Waals surface area contributed by atoms with Crippen LogP contribution in [0.2, 0.25) is 0 Å². The van der Waals surface area contributed by atoms with Gasteiger partial charge < -0.3 is 5.11 Å². The van der Waals surface area contributed by atoms with Crippen molar-refractivity contribution < 1.29 is 18.3 Å². The van der Waals surface area contributed by atoms with Crippen LogP contribution in [-0.2, 0) is 21.1 Å². The molecule has 4 nitrogen and oxygen atoms in total. The van der Waals surface area contributed by atoms with Crippen molar-refractivity contribution in [3.05, 3.63) is 29.8 Å². The fraction of sp³-hybridized carbons (Fsp3) is 0.462. The molecule has 0 unspecified atom stereocenters. The second-order valence-corrected chi connectivity index (χ2v) is 7.12. The standard InChI is InChI=1S/C13H18O4S/c1-13(2,12(14)15)9-8-10-4-6-11(7-5-10)18(3,16)17/h4-7H,8-9H2,1-3H3,(H,14,15). The lowest BCUT2D eigenvalue weighted by molar-refractivity contribution is -0.147. The largest absolute Gasteiger partial charge is 0.481 e. The number of benzene rings is 1. The molecule has 1 N–H and O–H groups in total. The molecule has 0 aliphatic carbocycles. The Labute approximate surface area is 108 Å². The zero-order chi connectivity index (χ0) is 14.0. The van der Waals surface area contributed by atoms with E-state index in [9.17, 15) is 13.2 Å². The lowest BCUT2D eigenvalue weighted by Gasteiger charge is -2.18. The molecule has 0 radical (unpaired) electrons. The van der Waals surface area contributed by atoms with Crippen LogP contribution in [0.5, 0.6) is 0 Å². The van der Waals surface area contributed by atoms with Crippen molar-refractivity contribution in [3.63, 3.8) is 0 Å². The highest BCUT2D eigenvalue weighted by molar-refractivity contribution is 7.90. The van der Waals surface area contributed by atoms with Crippen LogP contribution in [0.1, 0.15) is 25.8 Å². The van der Waals surface area contributed by atoms with E-state index in [1.807, 2.05) is 0 Å². The van der Waals surface area contributed by atoms with Gasteiger partial charge in [-0.05, 0) is 44.4 Å². The second kappa shape index (κ2) is 5.10. The van der Waals surface area contributed by atoms with Crippen molar-refractivity contribution in [1.82, 2.24) is 0 Å². The summed E-state index contributed by atoms with van der Waals surface area (Å²) < 4.78 is 22.5. The Kier molecular flexibility index (Phi) is 4.16. The Morgan fingerprint density at radius 1 is 1.22 bits per heavy atom. The smallest absolute Gasteiger partial charge is 0.309 e. The molecule has 0 fully saturated rings. The molecular formula is C13H18O4S. The number of sulfone groups is 1. The first-order valence-electron chi connectivity index (χ1n) is 5.65. The van der Waals surface area contributed by atoms with Crippen LogP contribution in [-0.4, -0.2) is 25.7 Å². The molecule has 0 amide bonds. The summed E-state index contributed by atoms with van der Waals surface area (Å²) in [6, 6.07) is 6.57. The van der Waals surface area contributed by atoms with E-state index in [0.29, 0.717) is 12.8 Å². The highest BCUT2D eigenvalue weighted by atomic mass is 32.2. The van der Waals surface area contributed by atoms with Crippen LogP contribution in [0.4, 0.5) is 0 Å². The maximum absolute atomic E-state index is 11.3. The molecule has 0 saturated carbocycles. The van der Waals surface area contributed by atoms with Crippen LogP contribution in [0.25, 0.3) is 0 Å². The molecule has 100 valence electrons. The summed E-state index contributed by atoms with van der Waals surface area (Å²) in [7, 11) is -3.17. The van der Waals surface area contributed by atoms with Gasteiger partial charge in [-0.2, -0.15) is 0 Å². The molecule has 0 bridgehead atoms. The number of aliphatic carboxylic acids is 1. The van der Waals surface area contributed by atoms with E-state index >= 15 is 0 Å². The Morgan fingerprint density at radius 2 is 1.72 bits per heavy atom. The summed E-state index contributed by atoms with van der Waals surface area (Å²) >= 11 is 0. The van der Waals surface area contributed by atoms with Crippen molar-refractivity contribution in [2.45, 2.75) is 31.6 Å². The zero-order valence-corrected chi connectivity index (χ0v) is 11.6. The van der Waals surface area contributed by atoms with E-state index in [1.54, 1.807) is 38.1 Å². The van der Waals surface area contributed by atoms with Gasteiger partial charge in [-0.25, -0.2) is 8.42 Å². The van der Waals surface area contributed by atoms with Crippen molar-refractivity contribution in [1.29, 1.82) is 0 Å². The topological polar surface area (TPSA) is 71.4 Å². The van der Waals surface area contributed by atoms with E-state index in [0.717, 1.165) is 11.8 Å². The predicted octanol–water partition coefficient (Wildman–Crippen LogP) is 2.13. The molecule has 0 spiro atoms. The van der Waals surface area contributed by atoms with Crippen molar-refractivity contribution in [2.75, 3.05) is 6.26 Å². The average molecular weight is 270 g/mol. The van der Waals surface area contributed by atoms with Crippen LogP contribution in [0.15, 0.2) is 29.2 Å². The van der Waals surface area contributed by atoms with Gasteiger partial charge in [-0.15, -0.1) is 0 Å². The fourth-order valence-electron chi connectivity index (χ4n) is 1.47. The number of carboxylic acids is 1. The fourth-order valence-corrected chi connectivity index (χ4v) is 2.10. The molecular weight excluding hydrogens is 252 g/mol. The minimum atomic E-state index is -3.17. The third-order valence-electron chi connectivity index (χ3n) is 2.97. The Balaban J connectivity index is 2.74. The van der Waals surface area contributed by atoms with Gasteiger partial charge in [0.25, 0.3) is 0 Å². The number of hydrogen-bond acceptors (Lipinski definition) is 3. The molecule has 1 aromatic carbocycles. The lowest BCUT2D eigenvalue weighted by atomic mass is 9.86. The number of carbonyl (C=O) groups is 1. The van der Waals surface area contributed by atoms with Crippen molar-refractivity contribution in [3.8, 4) is 0 Å². The summed E-state index contributed by atoms with van der Waals surface area (Å²) in [5, 5.41) is 8.99. The normalized spacial score (nSPS) is 12.4. The Hall–Kier alpha value is -1.36. The van der Waals surface area contributed by atoms with Crippen LogP contribution in [0.3, 0.4) is 0 Å². The van der Waals surface area contributed by atoms with E-state index < -0.39 is 21.2 Å². The first kappa shape index (κ1) is 14.7. The highest BCUT2D eigenvalue weighted by Gasteiger charge is 2.26. The molecule has 1 aromatic rings. The van der Waals surface area contributed by atoms with Crippen LogP contribution < -0.4 is 0 Å².